The van der Waals surface area contributed by atoms with E-state index in [-0.39, 0.29) is 0 Å². The van der Waals surface area contributed by atoms with Gasteiger partial charge in [-0.2, -0.15) is 11.8 Å². The summed E-state index contributed by atoms with van der Waals surface area (Å²) in [7, 11) is 0. The number of fused-ring (bicyclic) bond motifs is 5. The molecule has 252 valence electrons. The predicted molar refractivity (Wildman–Crippen MR) is 185 cm³/mol. The fourth-order valence-electron chi connectivity index (χ4n) is 9.75. The van der Waals surface area contributed by atoms with Gasteiger partial charge in [-0.05, 0) is 104 Å². The van der Waals surface area contributed by atoms with E-state index < -0.39 is 0 Å². The Labute approximate surface area is 271 Å². The molecule has 8 unspecified atom stereocenters. The Morgan fingerprint density at radius 1 is 0.814 bits per heavy atom. The number of hydrogen-bond donors (Lipinski definition) is 0. The van der Waals surface area contributed by atoms with Gasteiger partial charge in [-0.1, -0.05) is 79.4 Å². The minimum absolute atomic E-state index is 0.362. The van der Waals surface area contributed by atoms with Crippen LogP contribution in [0.1, 0.15) is 119 Å². The van der Waals surface area contributed by atoms with Gasteiger partial charge in [0.1, 0.15) is 0 Å². The van der Waals surface area contributed by atoms with E-state index in [2.05, 4.69) is 47.0 Å². The molecule has 4 rings (SSSR count). The third-order valence-corrected chi connectivity index (χ3v) is 12.6. The molecular formula is C38H70O4S. The zero-order valence-corrected chi connectivity index (χ0v) is 30.4. The summed E-state index contributed by atoms with van der Waals surface area (Å²) in [6.07, 6.45) is 20.3. The molecule has 0 amide bonds. The molecule has 3 fully saturated rings. The first kappa shape index (κ1) is 37.4. The first-order valence-corrected chi connectivity index (χ1v) is 19.7. The van der Waals surface area contributed by atoms with Crippen LogP contribution in [0.15, 0.2) is 11.6 Å². The van der Waals surface area contributed by atoms with Gasteiger partial charge in [0.05, 0.1) is 52.4 Å². The third-order valence-electron chi connectivity index (χ3n) is 12.0. The lowest BCUT2D eigenvalue weighted by Crippen LogP contribution is -2.51. The molecule has 3 saturated carbocycles. The van der Waals surface area contributed by atoms with Crippen molar-refractivity contribution in [3.8, 4) is 0 Å². The van der Waals surface area contributed by atoms with Crippen molar-refractivity contribution in [2.75, 3.05) is 58.3 Å². The second-order valence-electron chi connectivity index (χ2n) is 14.9. The molecule has 0 saturated heterocycles. The number of ether oxygens (including phenoxy) is 4. The molecule has 0 aromatic carbocycles. The molecule has 0 heterocycles. The molecule has 0 radical (unpaired) electrons. The third kappa shape index (κ3) is 9.96. The summed E-state index contributed by atoms with van der Waals surface area (Å²) in [6, 6.07) is 0. The van der Waals surface area contributed by atoms with Crippen molar-refractivity contribution in [2.24, 2.45) is 46.3 Å². The quantitative estimate of drug-likeness (QED) is 0.112. The summed E-state index contributed by atoms with van der Waals surface area (Å²) in [5.74, 6) is 6.46. The van der Waals surface area contributed by atoms with Crippen LogP contribution in [0.25, 0.3) is 0 Å². The van der Waals surface area contributed by atoms with Crippen molar-refractivity contribution in [2.45, 2.75) is 125 Å². The molecular weight excluding hydrogens is 552 g/mol. The molecule has 8 atom stereocenters. The average molecular weight is 623 g/mol. The molecule has 5 heteroatoms. The zero-order chi connectivity index (χ0) is 31.3. The van der Waals surface area contributed by atoms with E-state index in [4.69, 9.17) is 18.9 Å². The van der Waals surface area contributed by atoms with Gasteiger partial charge in [-0.25, -0.2) is 0 Å². The van der Waals surface area contributed by atoms with Crippen LogP contribution in [0.3, 0.4) is 0 Å². The van der Waals surface area contributed by atoms with Gasteiger partial charge in [0.2, 0.25) is 0 Å². The molecule has 0 aromatic heterocycles. The maximum Gasteiger partial charge on any atom is 0.0704 e. The van der Waals surface area contributed by atoms with Crippen molar-refractivity contribution < 1.29 is 18.9 Å². The predicted octanol–water partition coefficient (Wildman–Crippen LogP) is 9.85. The van der Waals surface area contributed by atoms with Gasteiger partial charge in [0, 0.05) is 5.75 Å². The maximum atomic E-state index is 6.34. The maximum absolute atomic E-state index is 6.34. The number of hydrogen-bond acceptors (Lipinski definition) is 5. The molecule has 4 aliphatic carbocycles. The standard InChI is InChI=1S/C36H64O4S.C2H6/c1-27(2)8-7-9-28(3)32-12-13-33-31-11-10-29-26-30(14-16-35(29,4)34(31)15-17-36(32,33)5)40-23-22-38-19-18-37-20-21-39-24-25-41-6;1-2/h10,27-28,30-34H,7-9,11-26H2,1-6H3;1-2H3. The summed E-state index contributed by atoms with van der Waals surface area (Å²) in [5, 5.41) is 0. The van der Waals surface area contributed by atoms with Gasteiger partial charge >= 0.3 is 0 Å². The van der Waals surface area contributed by atoms with E-state index in [9.17, 15) is 0 Å². The highest BCUT2D eigenvalue weighted by Crippen LogP contribution is 2.67. The highest BCUT2D eigenvalue weighted by Gasteiger charge is 2.59. The molecule has 4 nitrogen and oxygen atoms in total. The second kappa shape index (κ2) is 18.9. The molecule has 0 N–H and O–H groups in total. The Kier molecular flexibility index (Phi) is 16.5. The van der Waals surface area contributed by atoms with Crippen molar-refractivity contribution in [1.82, 2.24) is 0 Å². The number of rotatable bonds is 18. The molecule has 0 aromatic rings. The lowest BCUT2D eigenvalue weighted by molar-refractivity contribution is -0.0691. The van der Waals surface area contributed by atoms with Crippen LogP contribution in [0.2, 0.25) is 0 Å². The lowest BCUT2D eigenvalue weighted by atomic mass is 9.47. The van der Waals surface area contributed by atoms with Crippen LogP contribution in [-0.2, 0) is 18.9 Å². The molecule has 43 heavy (non-hydrogen) atoms. The van der Waals surface area contributed by atoms with Crippen LogP contribution in [-0.4, -0.2) is 64.4 Å². The second-order valence-corrected chi connectivity index (χ2v) is 15.8. The minimum Gasteiger partial charge on any atom is -0.378 e. The first-order valence-electron chi connectivity index (χ1n) is 18.3. The summed E-state index contributed by atoms with van der Waals surface area (Å²) in [5.41, 5.74) is 2.70. The zero-order valence-electron chi connectivity index (χ0n) is 29.6. The Morgan fingerprint density at radius 3 is 2.16 bits per heavy atom. The average Bonchev–Trinajstić information content (AvgIpc) is 3.36. The van der Waals surface area contributed by atoms with Crippen LogP contribution < -0.4 is 0 Å². The van der Waals surface area contributed by atoms with E-state index >= 15 is 0 Å². The van der Waals surface area contributed by atoms with Crippen molar-refractivity contribution in [3.63, 3.8) is 0 Å². The van der Waals surface area contributed by atoms with Gasteiger partial charge in [-0.15, -0.1) is 0 Å². The highest BCUT2D eigenvalue weighted by molar-refractivity contribution is 7.98. The summed E-state index contributed by atoms with van der Waals surface area (Å²) in [4.78, 5) is 0. The number of thioether (sulfide) groups is 1. The van der Waals surface area contributed by atoms with E-state index in [1.54, 1.807) is 17.3 Å². The van der Waals surface area contributed by atoms with Crippen molar-refractivity contribution in [1.29, 1.82) is 0 Å². The monoisotopic (exact) mass is 622 g/mol. The van der Waals surface area contributed by atoms with Crippen LogP contribution >= 0.6 is 11.8 Å². The largest absolute Gasteiger partial charge is 0.378 e. The summed E-state index contributed by atoms with van der Waals surface area (Å²) < 4.78 is 23.2. The van der Waals surface area contributed by atoms with Crippen LogP contribution in [0, 0.1) is 46.3 Å². The van der Waals surface area contributed by atoms with E-state index in [0.717, 1.165) is 54.3 Å². The Morgan fingerprint density at radius 2 is 1.49 bits per heavy atom. The van der Waals surface area contributed by atoms with E-state index in [1.807, 2.05) is 13.8 Å². The summed E-state index contributed by atoms with van der Waals surface area (Å²) in [6.45, 7) is 21.4. The topological polar surface area (TPSA) is 36.9 Å². The number of allylic oxidation sites excluding steroid dienone is 1. The lowest BCUT2D eigenvalue weighted by Gasteiger charge is -2.58. The minimum atomic E-state index is 0.362. The Balaban J connectivity index is 0.00000248. The fraction of sp³-hybridized carbons (Fsp3) is 0.947. The van der Waals surface area contributed by atoms with Crippen molar-refractivity contribution >= 4 is 11.8 Å². The Bertz CT molecular complexity index is 801. The molecule has 0 bridgehead atoms. The molecule has 0 spiro atoms. The Hall–Kier alpha value is -0.0700. The van der Waals surface area contributed by atoms with E-state index in [1.165, 1.54) is 64.2 Å². The van der Waals surface area contributed by atoms with Gasteiger partial charge in [-0.3, -0.25) is 0 Å². The molecule has 0 aliphatic heterocycles. The fourth-order valence-corrected chi connectivity index (χ4v) is 10.0. The normalized spacial score (nSPS) is 34.1. The van der Waals surface area contributed by atoms with Crippen LogP contribution in [0.5, 0.6) is 0 Å². The SMILES string of the molecule is CC.CSCCOCCOCCOCCOC1CCC2(C)C(=CCC3C2CCC2(C)C(C(C)CCCC(C)C)CCC32)C1. The molecule has 4 aliphatic rings. The first-order chi connectivity index (χ1) is 20.8. The van der Waals surface area contributed by atoms with Crippen molar-refractivity contribution in [3.05, 3.63) is 11.6 Å². The van der Waals surface area contributed by atoms with Gasteiger partial charge in [0.15, 0.2) is 0 Å². The smallest absolute Gasteiger partial charge is 0.0704 e. The summed E-state index contributed by atoms with van der Waals surface area (Å²) >= 11 is 1.81. The van der Waals surface area contributed by atoms with Gasteiger partial charge < -0.3 is 18.9 Å². The van der Waals surface area contributed by atoms with Gasteiger partial charge in [0.25, 0.3) is 0 Å². The van der Waals surface area contributed by atoms with Crippen LogP contribution in [0.4, 0.5) is 0 Å². The highest BCUT2D eigenvalue weighted by atomic mass is 32.2. The van der Waals surface area contributed by atoms with E-state index in [0.29, 0.717) is 56.6 Å².